The summed E-state index contributed by atoms with van der Waals surface area (Å²) in [5.74, 6) is 2.20. The Kier molecular flexibility index (Phi) is 6.05. The number of amides is 1. The number of hydrogen-bond acceptors (Lipinski definition) is 4. The van der Waals surface area contributed by atoms with E-state index in [-0.39, 0.29) is 23.0 Å². The van der Waals surface area contributed by atoms with Gasteiger partial charge < -0.3 is 5.32 Å². The Hall–Kier alpha value is -3.17. The second-order valence-electron chi connectivity index (χ2n) is 10.8. The molecule has 0 unspecified atom stereocenters. The van der Waals surface area contributed by atoms with Crippen molar-refractivity contribution in [2.75, 3.05) is 5.75 Å². The third-order valence-corrected chi connectivity index (χ3v) is 9.08. The summed E-state index contributed by atoms with van der Waals surface area (Å²) in [5, 5.41) is 14.0. The van der Waals surface area contributed by atoms with Gasteiger partial charge in [-0.1, -0.05) is 42.1 Å². The fourth-order valence-electron chi connectivity index (χ4n) is 7.08. The van der Waals surface area contributed by atoms with Crippen molar-refractivity contribution in [2.45, 2.75) is 49.1 Å². The Balaban J connectivity index is 1.28. The topological polar surface area (TPSA) is 65.8 Å². The molecular weight excluding hydrogens is 469 g/mol. The lowest BCUT2D eigenvalue weighted by Crippen LogP contribution is -2.60. The summed E-state index contributed by atoms with van der Waals surface area (Å²) in [7, 11) is 0. The molecule has 4 fully saturated rings. The number of nitrogens with one attached hydrogen (secondary N) is 1. The first kappa shape index (κ1) is 23.2. The summed E-state index contributed by atoms with van der Waals surface area (Å²) in [5.41, 5.74) is 3.49. The van der Waals surface area contributed by atoms with Crippen molar-refractivity contribution in [1.82, 2.24) is 10.3 Å². The number of aromatic nitrogens is 1. The van der Waals surface area contributed by atoms with Crippen molar-refractivity contribution in [3.8, 4) is 28.5 Å². The lowest BCUT2D eigenvalue weighted by atomic mass is 9.53. The molecule has 4 nitrogen and oxygen atoms in total. The number of nitriles is 1. The molecule has 0 atom stereocenters. The van der Waals surface area contributed by atoms with Gasteiger partial charge in [-0.3, -0.25) is 4.79 Å². The van der Waals surface area contributed by atoms with Crippen LogP contribution in [0.4, 0.5) is 4.39 Å². The average molecular weight is 498 g/mol. The number of nitrogens with zero attached hydrogens (tertiary/aromatic N) is 2. The van der Waals surface area contributed by atoms with Crippen LogP contribution in [0.3, 0.4) is 0 Å². The summed E-state index contributed by atoms with van der Waals surface area (Å²) in [6.07, 6.45) is 7.31. The zero-order chi connectivity index (χ0) is 24.7. The van der Waals surface area contributed by atoms with Crippen molar-refractivity contribution in [3.63, 3.8) is 0 Å². The van der Waals surface area contributed by atoms with E-state index in [9.17, 15) is 14.4 Å². The number of benzene rings is 2. The van der Waals surface area contributed by atoms with Crippen LogP contribution in [-0.2, 0) is 4.79 Å². The zero-order valence-corrected chi connectivity index (χ0v) is 20.9. The smallest absolute Gasteiger partial charge is 0.230 e. The molecule has 4 aliphatic carbocycles. The van der Waals surface area contributed by atoms with Crippen LogP contribution in [-0.4, -0.2) is 22.2 Å². The lowest BCUT2D eigenvalue weighted by Gasteiger charge is -2.56. The highest BCUT2D eigenvalue weighted by molar-refractivity contribution is 8.00. The number of pyridine rings is 1. The van der Waals surface area contributed by atoms with Gasteiger partial charge in [-0.2, -0.15) is 5.26 Å². The van der Waals surface area contributed by atoms with E-state index in [1.807, 2.05) is 36.4 Å². The molecule has 1 N–H and O–H groups in total. The largest absolute Gasteiger partial charge is 0.350 e. The lowest BCUT2D eigenvalue weighted by molar-refractivity contribution is -0.124. The van der Waals surface area contributed by atoms with Crippen molar-refractivity contribution in [1.29, 1.82) is 5.26 Å². The molecule has 0 aliphatic heterocycles. The number of carbonyl (C=O) groups is 1. The first-order valence-electron chi connectivity index (χ1n) is 12.7. The van der Waals surface area contributed by atoms with Gasteiger partial charge in [0.1, 0.15) is 16.9 Å². The standard InChI is InChI=1S/C30H28FN3OS/c31-24-8-6-23(7-9-24)27-13-25(22-4-2-1-3-5-22)26(17-32)29(33-27)36-18-28(35)34-30-14-19-10-20(15-30)12-21(11-19)16-30/h1-9,13,19-21H,10-12,14-16,18H2,(H,34,35). The quantitative estimate of drug-likeness (QED) is 0.390. The molecule has 4 saturated carbocycles. The molecule has 4 aliphatic rings. The summed E-state index contributed by atoms with van der Waals surface area (Å²) >= 11 is 1.31. The van der Waals surface area contributed by atoms with Gasteiger partial charge in [-0.15, -0.1) is 0 Å². The van der Waals surface area contributed by atoms with Crippen LogP contribution in [0.15, 0.2) is 65.7 Å². The molecule has 7 rings (SSSR count). The molecule has 1 heterocycles. The minimum Gasteiger partial charge on any atom is -0.350 e. The third kappa shape index (κ3) is 4.53. The van der Waals surface area contributed by atoms with E-state index < -0.39 is 0 Å². The molecule has 182 valence electrons. The summed E-state index contributed by atoms with van der Waals surface area (Å²) in [4.78, 5) is 17.9. The molecule has 1 amide bonds. The summed E-state index contributed by atoms with van der Waals surface area (Å²) < 4.78 is 13.6. The van der Waals surface area contributed by atoms with E-state index in [2.05, 4.69) is 11.4 Å². The SMILES string of the molecule is N#Cc1c(-c2ccccc2)cc(-c2ccc(F)cc2)nc1SCC(=O)NC12CC3CC(CC(C3)C1)C2. The molecule has 3 aromatic rings. The molecule has 0 radical (unpaired) electrons. The molecular formula is C30H28FN3OS. The second-order valence-corrected chi connectivity index (χ2v) is 11.7. The Bertz CT molecular complexity index is 1300. The minimum absolute atomic E-state index is 0.0149. The van der Waals surface area contributed by atoms with Crippen LogP contribution < -0.4 is 5.32 Å². The van der Waals surface area contributed by atoms with Crippen LogP contribution in [0.25, 0.3) is 22.4 Å². The fraction of sp³-hybridized carbons (Fsp3) is 0.367. The predicted octanol–water partition coefficient (Wildman–Crippen LogP) is 6.60. The highest BCUT2D eigenvalue weighted by Crippen LogP contribution is 2.55. The predicted molar refractivity (Wildman–Crippen MR) is 140 cm³/mol. The van der Waals surface area contributed by atoms with Crippen LogP contribution in [0.2, 0.25) is 0 Å². The maximum atomic E-state index is 13.6. The van der Waals surface area contributed by atoms with Crippen molar-refractivity contribution < 1.29 is 9.18 Å². The molecule has 0 saturated heterocycles. The monoisotopic (exact) mass is 497 g/mol. The van der Waals surface area contributed by atoms with Crippen molar-refractivity contribution >= 4 is 17.7 Å². The maximum Gasteiger partial charge on any atom is 0.230 e. The van der Waals surface area contributed by atoms with Gasteiger partial charge in [-0.25, -0.2) is 9.37 Å². The Morgan fingerprint density at radius 2 is 1.64 bits per heavy atom. The van der Waals surface area contributed by atoms with E-state index in [1.165, 1.54) is 43.2 Å². The summed E-state index contributed by atoms with van der Waals surface area (Å²) in [6, 6.07) is 20.1. The van der Waals surface area contributed by atoms with Gasteiger partial charge in [-0.05, 0) is 92.2 Å². The van der Waals surface area contributed by atoms with Gasteiger partial charge in [0.2, 0.25) is 5.91 Å². The van der Waals surface area contributed by atoms with Gasteiger partial charge in [0.05, 0.1) is 17.0 Å². The summed E-state index contributed by atoms with van der Waals surface area (Å²) in [6.45, 7) is 0. The van der Waals surface area contributed by atoms with Gasteiger partial charge in [0.15, 0.2) is 0 Å². The molecule has 1 aromatic heterocycles. The average Bonchev–Trinajstić information content (AvgIpc) is 2.87. The van der Waals surface area contributed by atoms with Crippen molar-refractivity contribution in [3.05, 3.63) is 72.0 Å². The second kappa shape index (κ2) is 9.37. The van der Waals surface area contributed by atoms with Gasteiger partial charge >= 0.3 is 0 Å². The van der Waals surface area contributed by atoms with E-state index in [1.54, 1.807) is 12.1 Å². The van der Waals surface area contributed by atoms with E-state index in [4.69, 9.17) is 4.98 Å². The van der Waals surface area contributed by atoms with Crippen molar-refractivity contribution in [2.24, 2.45) is 17.8 Å². The first-order chi connectivity index (χ1) is 17.5. The number of hydrogen-bond donors (Lipinski definition) is 1. The molecule has 6 heteroatoms. The zero-order valence-electron chi connectivity index (χ0n) is 20.0. The third-order valence-electron chi connectivity index (χ3n) is 8.11. The molecule has 4 bridgehead atoms. The highest BCUT2D eigenvalue weighted by Gasteiger charge is 2.51. The first-order valence-corrected chi connectivity index (χ1v) is 13.7. The molecule has 36 heavy (non-hydrogen) atoms. The van der Waals surface area contributed by atoms with Crippen LogP contribution in [0.1, 0.15) is 44.1 Å². The molecule has 2 aromatic carbocycles. The molecule has 0 spiro atoms. The van der Waals surface area contributed by atoms with E-state index >= 15 is 0 Å². The maximum absolute atomic E-state index is 13.6. The minimum atomic E-state index is -0.313. The number of rotatable bonds is 6. The highest BCUT2D eigenvalue weighted by atomic mass is 32.2. The number of halogens is 1. The van der Waals surface area contributed by atoms with Crippen LogP contribution in [0, 0.1) is 34.9 Å². The van der Waals surface area contributed by atoms with Gasteiger partial charge in [0, 0.05) is 16.7 Å². The Morgan fingerprint density at radius 3 is 2.25 bits per heavy atom. The van der Waals surface area contributed by atoms with E-state index in [0.717, 1.165) is 53.7 Å². The normalized spacial score (nSPS) is 25.9. The van der Waals surface area contributed by atoms with Gasteiger partial charge in [0.25, 0.3) is 0 Å². The van der Waals surface area contributed by atoms with Crippen LogP contribution >= 0.6 is 11.8 Å². The number of thioether (sulfide) groups is 1. The fourth-order valence-corrected chi connectivity index (χ4v) is 7.88. The van der Waals surface area contributed by atoms with Crippen LogP contribution in [0.5, 0.6) is 0 Å². The van der Waals surface area contributed by atoms with E-state index in [0.29, 0.717) is 16.3 Å². The Labute approximate surface area is 215 Å². The Morgan fingerprint density at radius 1 is 1.00 bits per heavy atom. The number of carbonyl (C=O) groups excluding carboxylic acids is 1.